The summed E-state index contributed by atoms with van der Waals surface area (Å²) in [5.74, 6) is 1.92. The summed E-state index contributed by atoms with van der Waals surface area (Å²) in [5, 5.41) is 3.28. The van der Waals surface area contributed by atoms with E-state index in [-0.39, 0.29) is 6.03 Å². The molecule has 1 fully saturated rings. The van der Waals surface area contributed by atoms with Crippen molar-refractivity contribution in [1.29, 1.82) is 0 Å². The normalized spacial score (nSPS) is 15.0. The highest BCUT2D eigenvalue weighted by molar-refractivity contribution is 6.32. The molecule has 0 radical (unpaired) electrons. The number of nitrogens with one attached hydrogen (secondary N) is 1. The highest BCUT2D eigenvalue weighted by Crippen LogP contribution is 2.36. The number of hydrogen-bond acceptors (Lipinski definition) is 5. The molecule has 7 nitrogen and oxygen atoms in total. The number of anilines is 1. The molecule has 1 aliphatic heterocycles. The van der Waals surface area contributed by atoms with E-state index in [0.717, 1.165) is 25.4 Å². The van der Waals surface area contributed by atoms with Crippen LogP contribution in [-0.4, -0.2) is 56.2 Å². The molecule has 2 aromatic rings. The van der Waals surface area contributed by atoms with Crippen LogP contribution in [0.2, 0.25) is 5.02 Å². The number of ether oxygens (including phenoxy) is 2. The summed E-state index contributed by atoms with van der Waals surface area (Å²) in [7, 11) is 3.06. The van der Waals surface area contributed by atoms with Crippen molar-refractivity contribution >= 4 is 23.3 Å². The zero-order valence-corrected chi connectivity index (χ0v) is 15.6. The Morgan fingerprint density at radius 2 is 1.92 bits per heavy atom. The van der Waals surface area contributed by atoms with Crippen LogP contribution in [0.15, 0.2) is 34.9 Å². The maximum Gasteiger partial charge on any atom is 0.322 e. The fourth-order valence-corrected chi connectivity index (χ4v) is 3.12. The third-order valence-electron chi connectivity index (χ3n) is 4.33. The van der Waals surface area contributed by atoms with Gasteiger partial charge in [0.15, 0.2) is 0 Å². The number of rotatable bonds is 5. The van der Waals surface area contributed by atoms with Crippen LogP contribution < -0.4 is 14.8 Å². The fraction of sp³-hybridized carbons (Fsp3) is 0.389. The van der Waals surface area contributed by atoms with Crippen LogP contribution in [0.25, 0.3) is 0 Å². The summed E-state index contributed by atoms with van der Waals surface area (Å²) in [6.45, 7) is 3.60. The molecule has 3 rings (SSSR count). The van der Waals surface area contributed by atoms with Gasteiger partial charge >= 0.3 is 6.03 Å². The lowest BCUT2D eigenvalue weighted by molar-refractivity contribution is 0.137. The molecule has 140 valence electrons. The number of nitrogens with zero attached hydrogens (tertiary/aromatic N) is 2. The van der Waals surface area contributed by atoms with Gasteiger partial charge in [0.25, 0.3) is 0 Å². The number of carbonyl (C=O) groups excluding carboxylic acids is 1. The molecule has 0 unspecified atom stereocenters. The van der Waals surface area contributed by atoms with Gasteiger partial charge in [0.2, 0.25) is 0 Å². The second-order valence-electron chi connectivity index (χ2n) is 5.96. The lowest BCUT2D eigenvalue weighted by atomic mass is 10.2. The highest BCUT2D eigenvalue weighted by atomic mass is 35.5. The molecule has 0 bridgehead atoms. The summed E-state index contributed by atoms with van der Waals surface area (Å²) in [6, 6.07) is 6.94. The third-order valence-corrected chi connectivity index (χ3v) is 4.63. The average molecular weight is 380 g/mol. The molecule has 8 heteroatoms. The average Bonchev–Trinajstić information content (AvgIpc) is 3.15. The van der Waals surface area contributed by atoms with Crippen LogP contribution in [0, 0.1) is 0 Å². The maximum atomic E-state index is 12.6. The summed E-state index contributed by atoms with van der Waals surface area (Å²) >= 11 is 6.15. The van der Waals surface area contributed by atoms with Crippen LogP contribution >= 0.6 is 11.6 Å². The zero-order chi connectivity index (χ0) is 18.5. The number of halogens is 1. The van der Waals surface area contributed by atoms with Gasteiger partial charge in [-0.3, -0.25) is 4.90 Å². The zero-order valence-electron chi connectivity index (χ0n) is 14.8. The molecular weight excluding hydrogens is 358 g/mol. The van der Waals surface area contributed by atoms with Gasteiger partial charge in [-0.25, -0.2) is 4.79 Å². The number of furan rings is 1. The second kappa shape index (κ2) is 8.33. The Hall–Kier alpha value is -2.38. The molecular formula is C18H22ClN3O4. The lowest BCUT2D eigenvalue weighted by Crippen LogP contribution is -2.49. The Kier molecular flexibility index (Phi) is 5.90. The van der Waals surface area contributed by atoms with Crippen molar-refractivity contribution in [1.82, 2.24) is 9.80 Å². The van der Waals surface area contributed by atoms with Crippen LogP contribution in [0.4, 0.5) is 10.5 Å². The molecule has 26 heavy (non-hydrogen) atoms. The molecule has 2 amide bonds. The molecule has 0 aliphatic carbocycles. The Morgan fingerprint density at radius 1 is 1.19 bits per heavy atom. The molecule has 0 atom stereocenters. The van der Waals surface area contributed by atoms with E-state index >= 15 is 0 Å². The molecule has 0 saturated carbocycles. The first kappa shape index (κ1) is 18.4. The number of benzene rings is 1. The minimum Gasteiger partial charge on any atom is -0.495 e. The van der Waals surface area contributed by atoms with Crippen molar-refractivity contribution in [3.05, 3.63) is 41.3 Å². The van der Waals surface area contributed by atoms with Crippen LogP contribution in [0.5, 0.6) is 11.5 Å². The predicted octanol–water partition coefficient (Wildman–Crippen LogP) is 3.30. The first-order chi connectivity index (χ1) is 12.6. The van der Waals surface area contributed by atoms with Crippen molar-refractivity contribution in [3.63, 3.8) is 0 Å². The van der Waals surface area contributed by atoms with Gasteiger partial charge in [0.05, 0.1) is 37.7 Å². The van der Waals surface area contributed by atoms with Crippen molar-refractivity contribution in [3.8, 4) is 11.5 Å². The topological polar surface area (TPSA) is 67.2 Å². The van der Waals surface area contributed by atoms with E-state index in [1.165, 1.54) is 14.2 Å². The Bertz CT molecular complexity index is 743. The monoisotopic (exact) mass is 379 g/mol. The molecule has 1 aliphatic rings. The molecule has 1 aromatic heterocycles. The van der Waals surface area contributed by atoms with E-state index in [9.17, 15) is 4.79 Å². The Labute approximate surface area is 157 Å². The van der Waals surface area contributed by atoms with Gasteiger partial charge in [-0.1, -0.05) is 11.6 Å². The SMILES string of the molecule is COc1cc(OC)c(NC(=O)N2CCN(Cc3ccco3)CC2)cc1Cl. The molecule has 1 aromatic carbocycles. The van der Waals surface area contributed by atoms with Crippen molar-refractivity contribution < 1.29 is 18.7 Å². The Morgan fingerprint density at radius 3 is 2.54 bits per heavy atom. The van der Waals surface area contributed by atoms with Gasteiger partial charge < -0.3 is 24.1 Å². The highest BCUT2D eigenvalue weighted by Gasteiger charge is 2.23. The van der Waals surface area contributed by atoms with Crippen LogP contribution in [0.3, 0.4) is 0 Å². The minimum atomic E-state index is -0.179. The Balaban J connectivity index is 1.58. The molecule has 0 spiro atoms. The van der Waals surface area contributed by atoms with Gasteiger partial charge in [-0.15, -0.1) is 0 Å². The van der Waals surface area contributed by atoms with E-state index in [1.54, 1.807) is 23.3 Å². The van der Waals surface area contributed by atoms with Gasteiger partial charge in [-0.05, 0) is 18.2 Å². The van der Waals surface area contributed by atoms with E-state index < -0.39 is 0 Å². The lowest BCUT2D eigenvalue weighted by Gasteiger charge is -2.34. The quantitative estimate of drug-likeness (QED) is 0.863. The standard InChI is InChI=1S/C18H22ClN3O4/c1-24-16-11-17(25-2)15(10-14(16)19)20-18(23)22-7-5-21(6-8-22)12-13-4-3-9-26-13/h3-4,9-11H,5-8,12H2,1-2H3,(H,20,23). The second-order valence-corrected chi connectivity index (χ2v) is 6.37. The number of methoxy groups -OCH3 is 2. The minimum absolute atomic E-state index is 0.179. The summed E-state index contributed by atoms with van der Waals surface area (Å²) in [5.41, 5.74) is 0.515. The van der Waals surface area contributed by atoms with Crippen LogP contribution in [-0.2, 0) is 6.54 Å². The van der Waals surface area contributed by atoms with Crippen LogP contribution in [0.1, 0.15) is 5.76 Å². The van der Waals surface area contributed by atoms with Gasteiger partial charge in [-0.2, -0.15) is 0 Å². The van der Waals surface area contributed by atoms with Gasteiger partial charge in [0.1, 0.15) is 17.3 Å². The van der Waals surface area contributed by atoms with Crippen molar-refractivity contribution in [2.45, 2.75) is 6.54 Å². The maximum absolute atomic E-state index is 12.6. The number of amides is 2. The number of hydrogen-bond donors (Lipinski definition) is 1. The van der Waals surface area contributed by atoms with E-state index in [0.29, 0.717) is 35.3 Å². The summed E-state index contributed by atoms with van der Waals surface area (Å²) in [4.78, 5) is 16.6. The summed E-state index contributed by atoms with van der Waals surface area (Å²) < 4.78 is 15.9. The van der Waals surface area contributed by atoms with E-state index in [1.807, 2.05) is 12.1 Å². The van der Waals surface area contributed by atoms with E-state index in [2.05, 4.69) is 10.2 Å². The number of piperazine rings is 1. The molecule has 1 N–H and O–H groups in total. The first-order valence-electron chi connectivity index (χ1n) is 8.33. The smallest absolute Gasteiger partial charge is 0.322 e. The van der Waals surface area contributed by atoms with Crippen molar-refractivity contribution in [2.24, 2.45) is 0 Å². The largest absolute Gasteiger partial charge is 0.495 e. The number of carbonyl (C=O) groups is 1. The molecule has 2 heterocycles. The van der Waals surface area contributed by atoms with E-state index in [4.69, 9.17) is 25.5 Å². The van der Waals surface area contributed by atoms with Crippen molar-refractivity contribution in [2.75, 3.05) is 45.7 Å². The fourth-order valence-electron chi connectivity index (χ4n) is 2.88. The first-order valence-corrected chi connectivity index (χ1v) is 8.70. The predicted molar refractivity (Wildman–Crippen MR) is 99.1 cm³/mol. The third kappa shape index (κ3) is 4.23. The van der Waals surface area contributed by atoms with Gasteiger partial charge in [0, 0.05) is 32.2 Å². The number of urea groups is 1. The molecule has 1 saturated heterocycles. The summed E-state index contributed by atoms with van der Waals surface area (Å²) in [6.07, 6.45) is 1.67.